The van der Waals surface area contributed by atoms with Crippen molar-refractivity contribution in [3.8, 4) is 0 Å². The van der Waals surface area contributed by atoms with Crippen LogP contribution in [-0.2, 0) is 0 Å². The maximum Gasteiger partial charge on any atom is 0.0147 e. The Morgan fingerprint density at radius 1 is 1.35 bits per heavy atom. The highest BCUT2D eigenvalue weighted by Crippen LogP contribution is 2.22. The van der Waals surface area contributed by atoms with Gasteiger partial charge >= 0.3 is 0 Å². The molecule has 1 saturated heterocycles. The molecule has 0 aromatic carbocycles. The molecule has 3 unspecified atom stereocenters. The molecule has 0 bridgehead atoms. The zero-order valence-corrected chi connectivity index (χ0v) is 13.2. The number of hydrogen-bond donors (Lipinski definition) is 1. The van der Waals surface area contributed by atoms with E-state index < -0.39 is 0 Å². The molecule has 0 spiro atoms. The highest BCUT2D eigenvalue weighted by Gasteiger charge is 2.25. The molecule has 1 heterocycles. The Kier molecular flexibility index (Phi) is 5.81. The molecule has 0 saturated carbocycles. The fourth-order valence-corrected chi connectivity index (χ4v) is 3.25. The van der Waals surface area contributed by atoms with Crippen LogP contribution < -0.4 is 5.32 Å². The van der Waals surface area contributed by atoms with Crippen molar-refractivity contribution in [3.63, 3.8) is 0 Å². The van der Waals surface area contributed by atoms with E-state index in [0.29, 0.717) is 12.0 Å². The van der Waals surface area contributed by atoms with E-state index in [4.69, 9.17) is 0 Å². The molecule has 3 atom stereocenters. The second-order valence-electron chi connectivity index (χ2n) is 6.53. The van der Waals surface area contributed by atoms with Gasteiger partial charge in [0.2, 0.25) is 0 Å². The van der Waals surface area contributed by atoms with Crippen molar-refractivity contribution in [1.82, 2.24) is 10.2 Å². The first-order valence-electron chi connectivity index (χ1n) is 6.90. The van der Waals surface area contributed by atoms with Crippen LogP contribution >= 0.6 is 11.8 Å². The third-order valence-electron chi connectivity index (χ3n) is 3.63. The molecule has 1 aliphatic rings. The summed E-state index contributed by atoms with van der Waals surface area (Å²) >= 11 is 2.11. The SMILES string of the molecule is CC1CN(C(C)C(C)CNC(C)(C)C)CCS1. The van der Waals surface area contributed by atoms with Crippen LogP contribution in [0.3, 0.4) is 0 Å². The molecule has 102 valence electrons. The van der Waals surface area contributed by atoms with Gasteiger partial charge in [0, 0.05) is 35.7 Å². The van der Waals surface area contributed by atoms with Crippen LogP contribution in [0.25, 0.3) is 0 Å². The fourth-order valence-electron chi connectivity index (χ4n) is 2.21. The molecular formula is C14H30N2S. The minimum atomic E-state index is 0.235. The Morgan fingerprint density at radius 3 is 2.53 bits per heavy atom. The Hall–Kier alpha value is 0.270. The summed E-state index contributed by atoms with van der Waals surface area (Å²) in [7, 11) is 0. The van der Waals surface area contributed by atoms with Gasteiger partial charge in [-0.05, 0) is 40.2 Å². The van der Waals surface area contributed by atoms with Gasteiger partial charge in [0.1, 0.15) is 0 Å². The van der Waals surface area contributed by atoms with E-state index in [1.165, 1.54) is 18.8 Å². The van der Waals surface area contributed by atoms with Gasteiger partial charge in [-0.2, -0.15) is 11.8 Å². The lowest BCUT2D eigenvalue weighted by molar-refractivity contribution is 0.161. The maximum absolute atomic E-state index is 3.62. The lowest BCUT2D eigenvalue weighted by atomic mass is 9.99. The van der Waals surface area contributed by atoms with Gasteiger partial charge < -0.3 is 5.32 Å². The number of nitrogens with one attached hydrogen (secondary N) is 1. The highest BCUT2D eigenvalue weighted by atomic mass is 32.2. The van der Waals surface area contributed by atoms with E-state index in [1.54, 1.807) is 0 Å². The topological polar surface area (TPSA) is 15.3 Å². The Bertz CT molecular complexity index is 225. The zero-order chi connectivity index (χ0) is 13.1. The number of rotatable bonds is 4. The number of thioether (sulfide) groups is 1. The maximum atomic E-state index is 3.62. The molecule has 0 aromatic rings. The quantitative estimate of drug-likeness (QED) is 0.835. The van der Waals surface area contributed by atoms with Crippen LogP contribution in [0.1, 0.15) is 41.5 Å². The van der Waals surface area contributed by atoms with Gasteiger partial charge in [-0.1, -0.05) is 13.8 Å². The molecule has 0 aromatic heterocycles. The summed E-state index contributed by atoms with van der Waals surface area (Å²) in [4.78, 5) is 2.66. The smallest absolute Gasteiger partial charge is 0.0147 e. The first-order chi connectivity index (χ1) is 7.79. The van der Waals surface area contributed by atoms with Crippen molar-refractivity contribution in [2.45, 2.75) is 58.4 Å². The van der Waals surface area contributed by atoms with E-state index in [-0.39, 0.29) is 5.54 Å². The second-order valence-corrected chi connectivity index (χ2v) is 8.07. The van der Waals surface area contributed by atoms with Gasteiger partial charge in [0.25, 0.3) is 0 Å². The molecule has 0 amide bonds. The van der Waals surface area contributed by atoms with Crippen molar-refractivity contribution in [2.75, 3.05) is 25.4 Å². The summed E-state index contributed by atoms with van der Waals surface area (Å²) in [6, 6.07) is 0.688. The Labute approximate surface area is 112 Å². The minimum Gasteiger partial charge on any atom is -0.312 e. The summed E-state index contributed by atoms with van der Waals surface area (Å²) in [5, 5.41) is 4.42. The number of hydrogen-bond acceptors (Lipinski definition) is 3. The second kappa shape index (κ2) is 6.44. The van der Waals surface area contributed by atoms with E-state index in [0.717, 1.165) is 11.8 Å². The van der Waals surface area contributed by atoms with Crippen molar-refractivity contribution >= 4 is 11.8 Å². The zero-order valence-electron chi connectivity index (χ0n) is 12.4. The minimum absolute atomic E-state index is 0.235. The molecule has 0 aliphatic carbocycles. The van der Waals surface area contributed by atoms with Crippen LogP contribution in [0.2, 0.25) is 0 Å². The largest absolute Gasteiger partial charge is 0.312 e. The standard InChI is InChI=1S/C14H30N2S/c1-11(9-15-14(4,5)6)13(3)16-7-8-17-12(2)10-16/h11-13,15H,7-10H2,1-6H3. The van der Waals surface area contributed by atoms with Gasteiger partial charge in [-0.15, -0.1) is 0 Å². The van der Waals surface area contributed by atoms with Gasteiger partial charge in [0.05, 0.1) is 0 Å². The lowest BCUT2D eigenvalue weighted by Crippen LogP contribution is -2.49. The van der Waals surface area contributed by atoms with Crippen LogP contribution in [0.15, 0.2) is 0 Å². The van der Waals surface area contributed by atoms with Crippen LogP contribution in [-0.4, -0.2) is 47.1 Å². The molecule has 3 heteroatoms. The van der Waals surface area contributed by atoms with Gasteiger partial charge in [0.15, 0.2) is 0 Å². The van der Waals surface area contributed by atoms with E-state index >= 15 is 0 Å². The average Bonchev–Trinajstić information content (AvgIpc) is 2.24. The van der Waals surface area contributed by atoms with Crippen molar-refractivity contribution < 1.29 is 0 Å². The summed E-state index contributed by atoms with van der Waals surface area (Å²) in [5.41, 5.74) is 0.235. The van der Waals surface area contributed by atoms with Crippen LogP contribution in [0.4, 0.5) is 0 Å². The summed E-state index contributed by atoms with van der Waals surface area (Å²) in [6.45, 7) is 17.5. The van der Waals surface area contributed by atoms with E-state index in [1.807, 2.05) is 0 Å². The Morgan fingerprint density at radius 2 is 2.00 bits per heavy atom. The first kappa shape index (κ1) is 15.3. The third-order valence-corrected chi connectivity index (χ3v) is 4.76. The van der Waals surface area contributed by atoms with Gasteiger partial charge in [-0.3, -0.25) is 4.90 Å². The van der Waals surface area contributed by atoms with Crippen LogP contribution in [0.5, 0.6) is 0 Å². The summed E-state index contributed by atoms with van der Waals surface area (Å²) < 4.78 is 0. The molecule has 1 rings (SSSR count). The van der Waals surface area contributed by atoms with Gasteiger partial charge in [-0.25, -0.2) is 0 Å². The monoisotopic (exact) mass is 258 g/mol. The average molecular weight is 258 g/mol. The molecule has 2 nitrogen and oxygen atoms in total. The third kappa shape index (κ3) is 5.62. The summed E-state index contributed by atoms with van der Waals surface area (Å²) in [6.07, 6.45) is 0. The van der Waals surface area contributed by atoms with Crippen molar-refractivity contribution in [1.29, 1.82) is 0 Å². The molecule has 17 heavy (non-hydrogen) atoms. The molecule has 1 fully saturated rings. The van der Waals surface area contributed by atoms with E-state index in [9.17, 15) is 0 Å². The predicted octanol–water partition coefficient (Wildman–Crippen LogP) is 2.84. The summed E-state index contributed by atoms with van der Waals surface area (Å²) in [5.74, 6) is 2.01. The predicted molar refractivity (Wildman–Crippen MR) is 79.9 cm³/mol. The van der Waals surface area contributed by atoms with Crippen molar-refractivity contribution in [3.05, 3.63) is 0 Å². The van der Waals surface area contributed by atoms with Crippen molar-refractivity contribution in [2.24, 2.45) is 5.92 Å². The first-order valence-corrected chi connectivity index (χ1v) is 7.95. The molecule has 1 aliphatic heterocycles. The molecule has 1 N–H and O–H groups in total. The fraction of sp³-hybridized carbons (Fsp3) is 1.00. The van der Waals surface area contributed by atoms with Crippen LogP contribution in [0, 0.1) is 5.92 Å². The van der Waals surface area contributed by atoms with E-state index in [2.05, 4.69) is 63.5 Å². The molecular weight excluding hydrogens is 228 g/mol. The molecule has 0 radical (unpaired) electrons. The Balaban J connectivity index is 2.37. The lowest BCUT2D eigenvalue weighted by Gasteiger charge is -2.38. The highest BCUT2D eigenvalue weighted by molar-refractivity contribution is 7.99. The normalized spacial score (nSPS) is 26.8. The number of nitrogens with zero attached hydrogens (tertiary/aromatic N) is 1.